The number of benzene rings is 1. The van der Waals surface area contributed by atoms with Crippen LogP contribution in [0.4, 0.5) is 5.69 Å². The van der Waals surface area contributed by atoms with Gasteiger partial charge in [-0.05, 0) is 43.0 Å². The Bertz CT molecular complexity index is 798. The molecular formula is C16H16N2OS. The van der Waals surface area contributed by atoms with Gasteiger partial charge in [0.15, 0.2) is 0 Å². The summed E-state index contributed by atoms with van der Waals surface area (Å²) in [6, 6.07) is 10.0. The maximum absolute atomic E-state index is 12.4. The van der Waals surface area contributed by atoms with Gasteiger partial charge < -0.3 is 9.88 Å². The highest BCUT2D eigenvalue weighted by molar-refractivity contribution is 7.17. The quantitative estimate of drug-likeness (QED) is 0.755. The average molecular weight is 284 g/mol. The van der Waals surface area contributed by atoms with Crippen LogP contribution in [0.5, 0.6) is 0 Å². The van der Waals surface area contributed by atoms with Gasteiger partial charge in [-0.1, -0.05) is 17.7 Å². The summed E-state index contributed by atoms with van der Waals surface area (Å²) in [5, 5.41) is 5.03. The van der Waals surface area contributed by atoms with Crippen molar-refractivity contribution in [3.8, 4) is 0 Å². The second-order valence-corrected chi connectivity index (χ2v) is 5.98. The molecule has 0 aliphatic rings. The first-order valence-corrected chi connectivity index (χ1v) is 7.36. The highest BCUT2D eigenvalue weighted by atomic mass is 32.1. The summed E-state index contributed by atoms with van der Waals surface area (Å²) in [5.74, 6) is -0.0668. The van der Waals surface area contributed by atoms with Crippen molar-refractivity contribution in [3.63, 3.8) is 0 Å². The Morgan fingerprint density at radius 1 is 1.20 bits per heavy atom. The predicted molar refractivity (Wildman–Crippen MR) is 84.7 cm³/mol. The van der Waals surface area contributed by atoms with Gasteiger partial charge in [0, 0.05) is 12.7 Å². The number of aromatic nitrogens is 1. The van der Waals surface area contributed by atoms with Crippen LogP contribution < -0.4 is 5.32 Å². The van der Waals surface area contributed by atoms with E-state index in [4.69, 9.17) is 0 Å². The van der Waals surface area contributed by atoms with E-state index in [1.807, 2.05) is 55.1 Å². The molecule has 4 heteroatoms. The predicted octanol–water partition coefficient (Wildman–Crippen LogP) is 4.11. The zero-order chi connectivity index (χ0) is 14.3. The van der Waals surface area contributed by atoms with Crippen molar-refractivity contribution in [1.29, 1.82) is 0 Å². The van der Waals surface area contributed by atoms with Gasteiger partial charge in [-0.3, -0.25) is 4.79 Å². The first-order chi connectivity index (χ1) is 9.56. The van der Waals surface area contributed by atoms with Gasteiger partial charge in [-0.2, -0.15) is 0 Å². The third kappa shape index (κ3) is 2.12. The zero-order valence-corrected chi connectivity index (χ0v) is 12.5. The van der Waals surface area contributed by atoms with Crippen LogP contribution in [-0.2, 0) is 7.05 Å². The van der Waals surface area contributed by atoms with E-state index in [1.54, 1.807) is 11.3 Å². The minimum atomic E-state index is -0.0668. The minimum absolute atomic E-state index is 0.0668. The van der Waals surface area contributed by atoms with Gasteiger partial charge in [-0.25, -0.2) is 0 Å². The largest absolute Gasteiger partial charge is 0.339 e. The lowest BCUT2D eigenvalue weighted by Crippen LogP contribution is -2.16. The number of hydrogen-bond acceptors (Lipinski definition) is 2. The van der Waals surface area contributed by atoms with E-state index in [0.717, 1.165) is 21.5 Å². The van der Waals surface area contributed by atoms with Crippen molar-refractivity contribution >= 4 is 33.1 Å². The molecule has 2 aromatic heterocycles. The summed E-state index contributed by atoms with van der Waals surface area (Å²) in [4.78, 5) is 12.4. The van der Waals surface area contributed by atoms with Crippen LogP contribution in [0.1, 0.15) is 21.6 Å². The number of fused-ring (bicyclic) bond motifs is 1. The molecule has 3 rings (SSSR count). The molecule has 1 amide bonds. The van der Waals surface area contributed by atoms with Gasteiger partial charge >= 0.3 is 0 Å². The van der Waals surface area contributed by atoms with Crippen LogP contribution in [0.2, 0.25) is 0 Å². The molecule has 3 aromatic rings. The molecular weight excluding hydrogens is 268 g/mol. The summed E-state index contributed by atoms with van der Waals surface area (Å²) < 4.78 is 3.07. The lowest BCUT2D eigenvalue weighted by atomic mass is 10.1. The Balaban J connectivity index is 1.92. The van der Waals surface area contributed by atoms with Gasteiger partial charge in [0.05, 0.1) is 10.2 Å². The number of amides is 1. The fraction of sp³-hybridized carbons (Fsp3) is 0.188. The summed E-state index contributed by atoms with van der Waals surface area (Å²) >= 11 is 1.65. The lowest BCUT2D eigenvalue weighted by molar-refractivity contribution is 0.101. The van der Waals surface area contributed by atoms with Crippen molar-refractivity contribution in [2.24, 2.45) is 7.05 Å². The third-order valence-corrected chi connectivity index (χ3v) is 4.38. The van der Waals surface area contributed by atoms with Crippen molar-refractivity contribution in [1.82, 2.24) is 4.57 Å². The Morgan fingerprint density at radius 3 is 2.70 bits per heavy atom. The van der Waals surface area contributed by atoms with Gasteiger partial charge in [0.1, 0.15) is 5.69 Å². The van der Waals surface area contributed by atoms with Gasteiger partial charge in [-0.15, -0.1) is 11.3 Å². The molecule has 2 heterocycles. The molecule has 20 heavy (non-hydrogen) atoms. The van der Waals surface area contributed by atoms with Gasteiger partial charge in [0.2, 0.25) is 0 Å². The van der Waals surface area contributed by atoms with Crippen molar-refractivity contribution in [2.75, 3.05) is 5.32 Å². The number of carbonyl (C=O) groups excluding carboxylic acids is 1. The summed E-state index contributed by atoms with van der Waals surface area (Å²) in [6.07, 6.45) is 0. The monoisotopic (exact) mass is 284 g/mol. The second kappa shape index (κ2) is 4.80. The van der Waals surface area contributed by atoms with Crippen LogP contribution in [0.25, 0.3) is 10.2 Å². The van der Waals surface area contributed by atoms with Crippen molar-refractivity contribution in [2.45, 2.75) is 13.8 Å². The Kier molecular flexibility index (Phi) is 3.10. The second-order valence-electron chi connectivity index (χ2n) is 5.03. The maximum atomic E-state index is 12.4. The topological polar surface area (TPSA) is 34.0 Å². The standard InChI is InChI=1S/C16H16N2OS/c1-10-4-5-12(11(2)8-10)17-16(19)14-9-15-13(18(14)3)6-7-20-15/h4-9H,1-3H3,(H,17,19). The molecule has 102 valence electrons. The van der Waals surface area contributed by atoms with E-state index in [0.29, 0.717) is 5.69 Å². The first kappa shape index (κ1) is 12.9. The SMILES string of the molecule is Cc1ccc(NC(=O)c2cc3sccc3n2C)c(C)c1. The first-order valence-electron chi connectivity index (χ1n) is 6.48. The van der Waals surface area contributed by atoms with Crippen LogP contribution >= 0.6 is 11.3 Å². The number of carbonyl (C=O) groups is 1. The molecule has 0 spiro atoms. The van der Waals surface area contributed by atoms with Crippen molar-refractivity contribution < 1.29 is 4.79 Å². The Labute approximate surface area is 121 Å². The smallest absolute Gasteiger partial charge is 0.272 e. The molecule has 0 aliphatic heterocycles. The highest BCUT2D eigenvalue weighted by Crippen LogP contribution is 2.25. The number of anilines is 1. The number of hydrogen-bond donors (Lipinski definition) is 1. The molecule has 1 aromatic carbocycles. The number of thiophene rings is 1. The number of nitrogens with zero attached hydrogens (tertiary/aromatic N) is 1. The maximum Gasteiger partial charge on any atom is 0.272 e. The molecule has 0 saturated carbocycles. The fourth-order valence-corrected chi connectivity index (χ4v) is 3.26. The van der Waals surface area contributed by atoms with E-state index >= 15 is 0 Å². The molecule has 0 bridgehead atoms. The van der Waals surface area contributed by atoms with E-state index < -0.39 is 0 Å². The number of rotatable bonds is 2. The molecule has 0 fully saturated rings. The third-order valence-electron chi connectivity index (χ3n) is 3.53. The molecule has 3 nitrogen and oxygen atoms in total. The molecule has 0 unspecified atom stereocenters. The lowest BCUT2D eigenvalue weighted by Gasteiger charge is -2.09. The summed E-state index contributed by atoms with van der Waals surface area (Å²) in [6.45, 7) is 4.05. The Hall–Kier alpha value is -2.07. The molecule has 0 radical (unpaired) electrons. The van der Waals surface area contributed by atoms with Crippen LogP contribution in [-0.4, -0.2) is 10.5 Å². The minimum Gasteiger partial charge on any atom is -0.339 e. The van der Waals surface area contributed by atoms with Crippen LogP contribution in [0.15, 0.2) is 35.7 Å². The molecule has 0 aliphatic carbocycles. The summed E-state index contributed by atoms with van der Waals surface area (Å²) in [5.41, 5.74) is 4.92. The summed E-state index contributed by atoms with van der Waals surface area (Å²) in [7, 11) is 1.92. The molecule has 1 N–H and O–H groups in total. The highest BCUT2D eigenvalue weighted by Gasteiger charge is 2.14. The molecule has 0 saturated heterocycles. The van der Waals surface area contributed by atoms with E-state index in [1.165, 1.54) is 5.56 Å². The van der Waals surface area contributed by atoms with Crippen molar-refractivity contribution in [3.05, 3.63) is 52.5 Å². The van der Waals surface area contributed by atoms with Crippen LogP contribution in [0.3, 0.4) is 0 Å². The fourth-order valence-electron chi connectivity index (χ4n) is 2.41. The van der Waals surface area contributed by atoms with Crippen LogP contribution in [0, 0.1) is 13.8 Å². The van der Waals surface area contributed by atoms with E-state index in [-0.39, 0.29) is 5.91 Å². The number of nitrogens with one attached hydrogen (secondary N) is 1. The van der Waals surface area contributed by atoms with E-state index in [2.05, 4.69) is 11.4 Å². The number of aryl methyl sites for hydroxylation is 3. The zero-order valence-electron chi connectivity index (χ0n) is 11.7. The van der Waals surface area contributed by atoms with E-state index in [9.17, 15) is 4.79 Å². The average Bonchev–Trinajstić information content (AvgIpc) is 2.96. The normalized spacial score (nSPS) is 10.9. The van der Waals surface area contributed by atoms with Gasteiger partial charge in [0.25, 0.3) is 5.91 Å². The molecule has 0 atom stereocenters. The Morgan fingerprint density at radius 2 is 2.00 bits per heavy atom.